The molecule has 0 bridgehead atoms. The quantitative estimate of drug-likeness (QED) is 0.604. The van der Waals surface area contributed by atoms with E-state index < -0.39 is 30.1 Å². The van der Waals surface area contributed by atoms with Crippen molar-refractivity contribution in [2.75, 3.05) is 13.2 Å². The van der Waals surface area contributed by atoms with E-state index in [9.17, 15) is 19.5 Å². The van der Waals surface area contributed by atoms with E-state index in [1.165, 1.54) is 0 Å². The van der Waals surface area contributed by atoms with Crippen LogP contribution in [0.15, 0.2) is 48.5 Å². The Bertz CT molecular complexity index is 1050. The third-order valence-corrected chi connectivity index (χ3v) is 7.68. The number of aliphatic carboxylic acids is 1. The Labute approximate surface area is 206 Å². The Morgan fingerprint density at radius 1 is 1.09 bits per heavy atom. The average Bonchev–Trinajstić information content (AvgIpc) is 3.19. The summed E-state index contributed by atoms with van der Waals surface area (Å²) in [6, 6.07) is 15.1. The summed E-state index contributed by atoms with van der Waals surface area (Å²) in [4.78, 5) is 39.6. The summed E-state index contributed by atoms with van der Waals surface area (Å²) < 4.78 is 5.67. The number of rotatable bonds is 7. The topological polar surface area (TPSA) is 95.9 Å². The molecule has 7 nitrogen and oxygen atoms in total. The highest BCUT2D eigenvalue weighted by Gasteiger charge is 2.39. The van der Waals surface area contributed by atoms with Crippen LogP contribution in [0.25, 0.3) is 11.1 Å². The van der Waals surface area contributed by atoms with E-state index in [2.05, 4.69) is 29.6 Å². The first-order valence-electron chi connectivity index (χ1n) is 12.5. The summed E-state index contributed by atoms with van der Waals surface area (Å²) in [6.07, 6.45) is 1.23. The molecule has 0 saturated carbocycles. The minimum atomic E-state index is -0.889. The number of carbonyl (C=O) groups excluding carboxylic acids is 2. The molecule has 1 unspecified atom stereocenters. The van der Waals surface area contributed by atoms with E-state index in [1.54, 1.807) is 11.8 Å². The Hall–Kier alpha value is -3.35. The molecule has 0 aromatic heterocycles. The summed E-state index contributed by atoms with van der Waals surface area (Å²) in [7, 11) is 0. The van der Waals surface area contributed by atoms with Crippen molar-refractivity contribution in [3.05, 3.63) is 59.7 Å². The number of hydrogen-bond donors (Lipinski definition) is 2. The van der Waals surface area contributed by atoms with Crippen molar-refractivity contribution in [3.63, 3.8) is 0 Å². The fraction of sp³-hybridized carbons (Fsp3) is 0.464. The summed E-state index contributed by atoms with van der Waals surface area (Å²) in [5.74, 6) is -1.92. The summed E-state index contributed by atoms with van der Waals surface area (Å²) in [5, 5.41) is 12.3. The maximum absolute atomic E-state index is 13.5. The molecule has 186 valence electrons. The van der Waals surface area contributed by atoms with Gasteiger partial charge in [-0.3, -0.25) is 9.59 Å². The number of carboxylic acid groups (broad SMARTS) is 1. The zero-order chi connectivity index (χ0) is 25.1. The van der Waals surface area contributed by atoms with E-state index in [0.717, 1.165) is 22.3 Å². The number of carboxylic acids is 1. The SMILES string of the molecule is CCC(C)[C@H](NC(=O)OCC1c2ccccc2-c2ccccc21)C(=O)N1CCC[C@@H](C(=O)O)[C@H]1C. The monoisotopic (exact) mass is 478 g/mol. The molecule has 1 heterocycles. The largest absolute Gasteiger partial charge is 0.481 e. The van der Waals surface area contributed by atoms with Crippen LogP contribution >= 0.6 is 0 Å². The van der Waals surface area contributed by atoms with Crippen LogP contribution in [0.2, 0.25) is 0 Å². The van der Waals surface area contributed by atoms with Gasteiger partial charge in [0, 0.05) is 18.5 Å². The molecule has 7 heteroatoms. The molecule has 1 aliphatic carbocycles. The molecule has 1 saturated heterocycles. The first kappa shape index (κ1) is 24.8. The molecule has 2 aromatic rings. The van der Waals surface area contributed by atoms with Crippen molar-refractivity contribution in [2.24, 2.45) is 11.8 Å². The molecular weight excluding hydrogens is 444 g/mol. The summed E-state index contributed by atoms with van der Waals surface area (Å²) in [6.45, 7) is 6.31. The minimum Gasteiger partial charge on any atom is -0.481 e. The second kappa shape index (κ2) is 10.5. The lowest BCUT2D eigenvalue weighted by molar-refractivity contribution is -0.150. The third-order valence-electron chi connectivity index (χ3n) is 7.68. The normalized spacial score (nSPS) is 20.9. The standard InChI is InChI=1S/C28H34N2O5/c1-4-17(2)25(26(31)30-15-9-14-19(18(30)3)27(32)33)29-28(34)35-16-24-22-12-7-5-10-20(22)21-11-6-8-13-23(21)24/h5-8,10-13,17-19,24-25H,4,9,14-16H2,1-3H3,(H,29,34)(H,32,33)/t17?,18-,19-,25+/m1/s1. The van der Waals surface area contributed by atoms with E-state index in [1.807, 2.05) is 38.1 Å². The number of fused-ring (bicyclic) bond motifs is 3. The smallest absolute Gasteiger partial charge is 0.407 e. The number of ether oxygens (including phenoxy) is 1. The van der Waals surface area contributed by atoms with Crippen LogP contribution in [0.1, 0.15) is 57.1 Å². The van der Waals surface area contributed by atoms with Crippen LogP contribution in [0.5, 0.6) is 0 Å². The van der Waals surface area contributed by atoms with Gasteiger partial charge in [0.2, 0.25) is 5.91 Å². The average molecular weight is 479 g/mol. The summed E-state index contributed by atoms with van der Waals surface area (Å²) >= 11 is 0. The molecule has 0 spiro atoms. The van der Waals surface area contributed by atoms with Gasteiger partial charge in [0.1, 0.15) is 12.6 Å². The number of alkyl carbamates (subject to hydrolysis) is 1. The third kappa shape index (κ3) is 4.90. The lowest BCUT2D eigenvalue weighted by Crippen LogP contribution is -2.57. The van der Waals surface area contributed by atoms with Gasteiger partial charge >= 0.3 is 12.1 Å². The van der Waals surface area contributed by atoms with Gasteiger partial charge in [0.05, 0.1) is 5.92 Å². The molecule has 35 heavy (non-hydrogen) atoms. The molecule has 2 N–H and O–H groups in total. The zero-order valence-corrected chi connectivity index (χ0v) is 20.6. The highest BCUT2D eigenvalue weighted by atomic mass is 16.5. The molecule has 2 aliphatic rings. The fourth-order valence-electron chi connectivity index (χ4n) is 5.41. The second-order valence-corrected chi connectivity index (χ2v) is 9.69. The molecular formula is C28H34N2O5. The molecule has 4 rings (SSSR count). The number of nitrogens with one attached hydrogen (secondary N) is 1. The predicted octanol–water partition coefficient (Wildman–Crippen LogP) is 4.65. The number of amides is 2. The highest BCUT2D eigenvalue weighted by molar-refractivity contribution is 5.87. The van der Waals surface area contributed by atoms with Crippen LogP contribution in [-0.4, -0.2) is 53.2 Å². The van der Waals surface area contributed by atoms with Crippen LogP contribution in [-0.2, 0) is 14.3 Å². The van der Waals surface area contributed by atoms with Crippen LogP contribution in [0.3, 0.4) is 0 Å². The first-order valence-corrected chi connectivity index (χ1v) is 12.5. The number of benzene rings is 2. The lowest BCUT2D eigenvalue weighted by Gasteiger charge is -2.40. The number of likely N-dealkylation sites (tertiary alicyclic amines) is 1. The number of carbonyl (C=O) groups is 3. The highest BCUT2D eigenvalue weighted by Crippen LogP contribution is 2.44. The van der Waals surface area contributed by atoms with Crippen molar-refractivity contribution < 1.29 is 24.2 Å². The Balaban J connectivity index is 1.45. The first-order chi connectivity index (χ1) is 16.8. The molecule has 2 amide bonds. The number of hydrogen-bond acceptors (Lipinski definition) is 4. The number of nitrogens with zero attached hydrogens (tertiary/aromatic N) is 1. The van der Waals surface area contributed by atoms with Gasteiger partial charge in [-0.25, -0.2) is 4.79 Å². The van der Waals surface area contributed by atoms with Crippen molar-refractivity contribution in [1.82, 2.24) is 10.2 Å². The van der Waals surface area contributed by atoms with Crippen LogP contribution in [0, 0.1) is 11.8 Å². The maximum Gasteiger partial charge on any atom is 0.407 e. The molecule has 2 aromatic carbocycles. The maximum atomic E-state index is 13.5. The fourth-order valence-corrected chi connectivity index (χ4v) is 5.41. The van der Waals surface area contributed by atoms with Gasteiger partial charge < -0.3 is 20.1 Å². The van der Waals surface area contributed by atoms with E-state index in [-0.39, 0.29) is 24.3 Å². The lowest BCUT2D eigenvalue weighted by atomic mass is 9.88. The van der Waals surface area contributed by atoms with Gasteiger partial charge in [0.15, 0.2) is 0 Å². The second-order valence-electron chi connectivity index (χ2n) is 9.69. The van der Waals surface area contributed by atoms with Crippen LogP contribution < -0.4 is 5.32 Å². The Kier molecular flexibility index (Phi) is 7.43. The van der Waals surface area contributed by atoms with E-state index in [0.29, 0.717) is 25.8 Å². The molecule has 1 aliphatic heterocycles. The minimum absolute atomic E-state index is 0.0654. The molecule has 1 fully saturated rings. The van der Waals surface area contributed by atoms with E-state index >= 15 is 0 Å². The van der Waals surface area contributed by atoms with E-state index in [4.69, 9.17) is 4.74 Å². The number of piperidine rings is 1. The van der Waals surface area contributed by atoms with Crippen molar-refractivity contribution >= 4 is 18.0 Å². The molecule has 0 radical (unpaired) electrons. The summed E-state index contributed by atoms with van der Waals surface area (Å²) in [5.41, 5.74) is 4.55. The van der Waals surface area contributed by atoms with Crippen molar-refractivity contribution in [2.45, 2.75) is 58.0 Å². The van der Waals surface area contributed by atoms with Gasteiger partial charge in [-0.2, -0.15) is 0 Å². The van der Waals surface area contributed by atoms with Crippen molar-refractivity contribution in [1.29, 1.82) is 0 Å². The zero-order valence-electron chi connectivity index (χ0n) is 20.6. The van der Waals surface area contributed by atoms with Gasteiger partial charge in [-0.1, -0.05) is 68.8 Å². The van der Waals surface area contributed by atoms with Crippen LogP contribution in [0.4, 0.5) is 4.79 Å². The van der Waals surface area contributed by atoms with Gasteiger partial charge in [-0.05, 0) is 47.9 Å². The predicted molar refractivity (Wildman–Crippen MR) is 133 cm³/mol. The Morgan fingerprint density at radius 2 is 1.69 bits per heavy atom. The van der Waals surface area contributed by atoms with Gasteiger partial charge in [0.25, 0.3) is 0 Å². The Morgan fingerprint density at radius 3 is 2.26 bits per heavy atom. The molecule has 4 atom stereocenters. The van der Waals surface area contributed by atoms with Crippen molar-refractivity contribution in [3.8, 4) is 11.1 Å². The van der Waals surface area contributed by atoms with Gasteiger partial charge in [-0.15, -0.1) is 0 Å².